The molecule has 6 nitrogen and oxygen atoms in total. The van der Waals surface area contributed by atoms with Gasteiger partial charge < -0.3 is 14.9 Å². The highest BCUT2D eigenvalue weighted by molar-refractivity contribution is 7.89. The molecule has 0 aromatic heterocycles. The maximum atomic E-state index is 12.6. The van der Waals surface area contributed by atoms with Gasteiger partial charge in [0, 0.05) is 25.8 Å². The SMILES string of the molecule is COCCN(CCO)S(=O)(=O)c1ccccc1C#CCO. The topological polar surface area (TPSA) is 87.1 Å². The molecule has 0 unspecified atom stereocenters. The smallest absolute Gasteiger partial charge is 0.244 e. The minimum Gasteiger partial charge on any atom is -0.395 e. The zero-order valence-corrected chi connectivity index (χ0v) is 12.6. The van der Waals surface area contributed by atoms with Gasteiger partial charge >= 0.3 is 0 Å². The van der Waals surface area contributed by atoms with Gasteiger partial charge in [0.25, 0.3) is 0 Å². The maximum Gasteiger partial charge on any atom is 0.244 e. The van der Waals surface area contributed by atoms with Gasteiger partial charge in [0.15, 0.2) is 0 Å². The highest BCUT2D eigenvalue weighted by atomic mass is 32.2. The molecule has 2 N–H and O–H groups in total. The average molecular weight is 313 g/mol. The van der Waals surface area contributed by atoms with Crippen molar-refractivity contribution in [1.29, 1.82) is 0 Å². The number of hydrogen-bond donors (Lipinski definition) is 2. The Morgan fingerprint density at radius 1 is 1.24 bits per heavy atom. The van der Waals surface area contributed by atoms with E-state index in [0.717, 1.165) is 4.31 Å². The predicted octanol–water partition coefficient (Wildman–Crippen LogP) is -0.340. The van der Waals surface area contributed by atoms with Crippen LogP contribution in [0, 0.1) is 11.8 Å². The summed E-state index contributed by atoms with van der Waals surface area (Å²) in [5.41, 5.74) is 0.312. The van der Waals surface area contributed by atoms with Gasteiger partial charge in [0.1, 0.15) is 6.61 Å². The second kappa shape index (κ2) is 8.77. The summed E-state index contributed by atoms with van der Waals surface area (Å²) in [6.07, 6.45) is 0. The van der Waals surface area contributed by atoms with Crippen LogP contribution in [-0.4, -0.2) is 63.0 Å². The Labute approximate surface area is 125 Å². The lowest BCUT2D eigenvalue weighted by Gasteiger charge is -2.21. The first-order chi connectivity index (χ1) is 10.1. The third-order valence-electron chi connectivity index (χ3n) is 2.70. The normalized spacial score (nSPS) is 11.2. The van der Waals surface area contributed by atoms with Crippen LogP contribution in [0.2, 0.25) is 0 Å². The van der Waals surface area contributed by atoms with Crippen molar-refractivity contribution in [1.82, 2.24) is 4.31 Å². The summed E-state index contributed by atoms with van der Waals surface area (Å²) in [7, 11) is -2.31. The molecule has 0 spiro atoms. The van der Waals surface area contributed by atoms with Crippen LogP contribution in [0.4, 0.5) is 0 Å². The first-order valence-electron chi connectivity index (χ1n) is 6.36. The van der Waals surface area contributed by atoms with Crippen molar-refractivity contribution in [3.63, 3.8) is 0 Å². The number of aliphatic hydroxyl groups excluding tert-OH is 2. The van der Waals surface area contributed by atoms with Crippen molar-refractivity contribution in [2.75, 3.05) is 40.0 Å². The van der Waals surface area contributed by atoms with Gasteiger partial charge in [-0.3, -0.25) is 0 Å². The Bertz CT molecular complexity index is 603. The second-order valence-corrected chi connectivity index (χ2v) is 5.98. The monoisotopic (exact) mass is 313 g/mol. The third-order valence-corrected chi connectivity index (χ3v) is 4.66. The lowest BCUT2D eigenvalue weighted by atomic mass is 10.2. The van der Waals surface area contributed by atoms with Crippen LogP contribution in [-0.2, 0) is 14.8 Å². The number of benzene rings is 1. The molecule has 0 atom stereocenters. The molecule has 1 aromatic rings. The third kappa shape index (κ3) is 4.81. The van der Waals surface area contributed by atoms with Gasteiger partial charge in [0.2, 0.25) is 10.0 Å². The summed E-state index contributed by atoms with van der Waals surface area (Å²) in [5, 5.41) is 17.8. The molecular weight excluding hydrogens is 294 g/mol. The molecule has 0 aliphatic rings. The second-order valence-electron chi connectivity index (χ2n) is 4.08. The van der Waals surface area contributed by atoms with Crippen LogP contribution >= 0.6 is 0 Å². The Balaban J connectivity index is 3.21. The molecule has 0 fully saturated rings. The number of aliphatic hydroxyl groups is 2. The highest BCUT2D eigenvalue weighted by Crippen LogP contribution is 2.19. The van der Waals surface area contributed by atoms with Gasteiger partial charge in [-0.15, -0.1) is 0 Å². The molecule has 0 aliphatic heterocycles. The zero-order chi connectivity index (χ0) is 15.7. The number of hydrogen-bond acceptors (Lipinski definition) is 5. The molecule has 1 aromatic carbocycles. The standard InChI is InChI=1S/C14H19NO5S/c1-20-12-9-15(8-11-17)21(18,19)14-7-3-2-5-13(14)6-4-10-16/h2-3,5,7,16-17H,8-12H2,1H3. The van der Waals surface area contributed by atoms with E-state index in [0.29, 0.717) is 5.56 Å². The predicted molar refractivity (Wildman–Crippen MR) is 78.1 cm³/mol. The fraction of sp³-hybridized carbons (Fsp3) is 0.429. The van der Waals surface area contributed by atoms with Crippen LogP contribution in [0.15, 0.2) is 29.2 Å². The lowest BCUT2D eigenvalue weighted by molar-refractivity contribution is 0.168. The summed E-state index contributed by atoms with van der Waals surface area (Å²) in [4.78, 5) is 0.0514. The lowest BCUT2D eigenvalue weighted by Crippen LogP contribution is -2.36. The van der Waals surface area contributed by atoms with Crippen LogP contribution in [0.3, 0.4) is 0 Å². The summed E-state index contributed by atoms with van der Waals surface area (Å²) in [5.74, 6) is 5.06. The van der Waals surface area contributed by atoms with E-state index in [9.17, 15) is 8.42 Å². The van der Waals surface area contributed by atoms with E-state index in [-0.39, 0.29) is 37.8 Å². The number of ether oxygens (including phenoxy) is 1. The molecule has 0 radical (unpaired) electrons. The number of methoxy groups -OCH3 is 1. The van der Waals surface area contributed by atoms with Gasteiger partial charge in [-0.25, -0.2) is 8.42 Å². The minimum atomic E-state index is -3.79. The molecule has 0 saturated carbocycles. The van der Waals surface area contributed by atoms with Gasteiger partial charge in [-0.1, -0.05) is 24.0 Å². The van der Waals surface area contributed by atoms with Crippen LogP contribution in [0.1, 0.15) is 5.56 Å². The molecule has 0 saturated heterocycles. The Morgan fingerprint density at radius 3 is 2.57 bits per heavy atom. The molecule has 116 valence electrons. The molecule has 21 heavy (non-hydrogen) atoms. The number of sulfonamides is 1. The largest absolute Gasteiger partial charge is 0.395 e. The van der Waals surface area contributed by atoms with Crippen molar-refractivity contribution >= 4 is 10.0 Å². The molecule has 1 rings (SSSR count). The van der Waals surface area contributed by atoms with Gasteiger partial charge in [-0.2, -0.15) is 4.31 Å². The highest BCUT2D eigenvalue weighted by Gasteiger charge is 2.25. The molecule has 0 amide bonds. The fourth-order valence-corrected chi connectivity index (χ4v) is 3.29. The quantitative estimate of drug-likeness (QED) is 0.673. The summed E-state index contributed by atoms with van der Waals surface area (Å²) in [6, 6.07) is 6.30. The summed E-state index contributed by atoms with van der Waals surface area (Å²) >= 11 is 0. The van der Waals surface area contributed by atoms with E-state index >= 15 is 0 Å². The average Bonchev–Trinajstić information content (AvgIpc) is 2.49. The Kier molecular flexibility index (Phi) is 7.36. The van der Waals surface area contributed by atoms with Crippen LogP contribution in [0.5, 0.6) is 0 Å². The fourth-order valence-electron chi connectivity index (χ4n) is 1.73. The molecule has 0 bridgehead atoms. The first-order valence-corrected chi connectivity index (χ1v) is 7.80. The van der Waals surface area contributed by atoms with E-state index < -0.39 is 10.0 Å². The van der Waals surface area contributed by atoms with Crippen molar-refractivity contribution in [3.8, 4) is 11.8 Å². The van der Waals surface area contributed by atoms with E-state index in [2.05, 4.69) is 11.8 Å². The number of rotatable bonds is 7. The Morgan fingerprint density at radius 2 is 1.95 bits per heavy atom. The molecule has 0 aliphatic carbocycles. The Hall–Kier alpha value is -1.43. The minimum absolute atomic E-state index is 0.0204. The molecule has 7 heteroatoms. The molecular formula is C14H19NO5S. The van der Waals surface area contributed by atoms with Crippen LogP contribution in [0.25, 0.3) is 0 Å². The maximum absolute atomic E-state index is 12.6. The van der Waals surface area contributed by atoms with Crippen molar-refractivity contribution in [2.24, 2.45) is 0 Å². The molecule has 0 heterocycles. The first kappa shape index (κ1) is 17.6. The van der Waals surface area contributed by atoms with Crippen LogP contribution < -0.4 is 0 Å². The van der Waals surface area contributed by atoms with E-state index in [1.165, 1.54) is 13.2 Å². The van der Waals surface area contributed by atoms with E-state index in [1.54, 1.807) is 18.2 Å². The number of nitrogens with zero attached hydrogens (tertiary/aromatic N) is 1. The van der Waals surface area contributed by atoms with E-state index in [1.807, 2.05) is 0 Å². The van der Waals surface area contributed by atoms with Gasteiger partial charge in [0.05, 0.1) is 18.1 Å². The zero-order valence-electron chi connectivity index (χ0n) is 11.8. The van der Waals surface area contributed by atoms with Crippen molar-refractivity contribution in [2.45, 2.75) is 4.90 Å². The van der Waals surface area contributed by atoms with E-state index in [4.69, 9.17) is 14.9 Å². The van der Waals surface area contributed by atoms with Crippen molar-refractivity contribution < 1.29 is 23.4 Å². The van der Waals surface area contributed by atoms with Crippen molar-refractivity contribution in [3.05, 3.63) is 29.8 Å². The summed E-state index contributed by atoms with van der Waals surface area (Å²) in [6.45, 7) is -0.288. The van der Waals surface area contributed by atoms with Gasteiger partial charge in [-0.05, 0) is 12.1 Å². The summed E-state index contributed by atoms with van der Waals surface area (Å²) < 4.78 is 31.3.